The number of alkyl halides is 3. The van der Waals surface area contributed by atoms with Crippen LogP contribution in [0.4, 0.5) is 17.6 Å². The van der Waals surface area contributed by atoms with E-state index in [-0.39, 0.29) is 12.1 Å². The number of halogens is 4. The lowest BCUT2D eigenvalue weighted by Gasteiger charge is -2.25. The summed E-state index contributed by atoms with van der Waals surface area (Å²) in [6.07, 6.45) is -0.133. The molecule has 0 radical (unpaired) electrons. The second-order valence-electron chi connectivity index (χ2n) is 10.1. The van der Waals surface area contributed by atoms with Gasteiger partial charge in [-0.2, -0.15) is 13.2 Å². The second-order valence-corrected chi connectivity index (χ2v) is 10.1. The Kier molecular flexibility index (Phi) is 6.20. The van der Waals surface area contributed by atoms with E-state index in [2.05, 4.69) is 9.97 Å². The topological polar surface area (TPSA) is 44.2 Å². The Labute approximate surface area is 217 Å². The van der Waals surface area contributed by atoms with Crippen molar-refractivity contribution in [3.05, 3.63) is 82.9 Å². The predicted octanol–water partition coefficient (Wildman–Crippen LogP) is 7.22. The molecule has 0 amide bonds. The SMILES string of the molecule is COc1cc(CC(c2nc(-c3ccc(F)cc3)c3c(c2CC2CC2)CCO3)C(F)(F)F)cc2cccnc12. The molecule has 196 valence electrons. The van der Waals surface area contributed by atoms with E-state index in [4.69, 9.17) is 9.47 Å². The van der Waals surface area contributed by atoms with Crippen LogP contribution < -0.4 is 9.47 Å². The average Bonchev–Trinajstić information content (AvgIpc) is 3.59. The number of hydrogen-bond acceptors (Lipinski definition) is 4. The van der Waals surface area contributed by atoms with E-state index in [1.807, 2.05) is 6.07 Å². The molecule has 0 spiro atoms. The molecule has 0 saturated heterocycles. The van der Waals surface area contributed by atoms with Crippen molar-refractivity contribution in [1.29, 1.82) is 0 Å². The zero-order chi connectivity index (χ0) is 26.4. The van der Waals surface area contributed by atoms with Gasteiger partial charge >= 0.3 is 6.18 Å². The van der Waals surface area contributed by atoms with Crippen molar-refractivity contribution in [1.82, 2.24) is 9.97 Å². The summed E-state index contributed by atoms with van der Waals surface area (Å²) in [6, 6.07) is 12.6. The molecule has 1 fully saturated rings. The van der Waals surface area contributed by atoms with Gasteiger partial charge in [-0.15, -0.1) is 0 Å². The number of nitrogens with zero attached hydrogens (tertiary/aromatic N) is 2. The van der Waals surface area contributed by atoms with Gasteiger partial charge in [0, 0.05) is 29.1 Å². The third-order valence-corrected chi connectivity index (χ3v) is 7.42. The van der Waals surface area contributed by atoms with Gasteiger partial charge in [0.05, 0.1) is 19.4 Å². The summed E-state index contributed by atoms with van der Waals surface area (Å²) < 4.78 is 69.7. The van der Waals surface area contributed by atoms with Crippen LogP contribution in [0, 0.1) is 11.7 Å². The Bertz CT molecular complexity index is 1500. The van der Waals surface area contributed by atoms with Crippen LogP contribution >= 0.6 is 0 Å². The number of hydrogen-bond donors (Lipinski definition) is 0. The fourth-order valence-corrected chi connectivity index (χ4v) is 5.37. The molecular formula is C30H26F4N2O2. The Balaban J connectivity index is 1.52. The van der Waals surface area contributed by atoms with Gasteiger partial charge in [-0.1, -0.05) is 6.07 Å². The van der Waals surface area contributed by atoms with Gasteiger partial charge in [-0.25, -0.2) is 9.37 Å². The van der Waals surface area contributed by atoms with Crippen molar-refractivity contribution in [2.75, 3.05) is 13.7 Å². The van der Waals surface area contributed by atoms with Crippen LogP contribution in [0.1, 0.15) is 41.1 Å². The van der Waals surface area contributed by atoms with Crippen molar-refractivity contribution in [3.8, 4) is 22.8 Å². The number of methoxy groups -OCH3 is 1. The quantitative estimate of drug-likeness (QED) is 0.241. The van der Waals surface area contributed by atoms with E-state index in [0.717, 1.165) is 18.4 Å². The Morgan fingerprint density at radius 1 is 1.11 bits per heavy atom. The molecule has 2 aromatic heterocycles. The fourth-order valence-electron chi connectivity index (χ4n) is 5.37. The highest BCUT2D eigenvalue weighted by Crippen LogP contribution is 2.47. The number of fused-ring (bicyclic) bond motifs is 2. The largest absolute Gasteiger partial charge is 0.494 e. The first-order chi connectivity index (χ1) is 18.3. The maximum absolute atomic E-state index is 14.9. The molecule has 1 aliphatic heterocycles. The van der Waals surface area contributed by atoms with Crippen LogP contribution in [0.15, 0.2) is 54.7 Å². The molecule has 4 aromatic rings. The Hall–Kier alpha value is -3.68. The lowest BCUT2D eigenvalue weighted by molar-refractivity contribution is -0.151. The van der Waals surface area contributed by atoms with E-state index in [9.17, 15) is 17.6 Å². The molecule has 1 aliphatic carbocycles. The molecular weight excluding hydrogens is 496 g/mol. The van der Waals surface area contributed by atoms with Crippen LogP contribution in [-0.2, 0) is 19.3 Å². The van der Waals surface area contributed by atoms with Crippen molar-refractivity contribution in [2.24, 2.45) is 5.92 Å². The van der Waals surface area contributed by atoms with Crippen LogP contribution in [0.3, 0.4) is 0 Å². The van der Waals surface area contributed by atoms with Gasteiger partial charge in [-0.05, 0) is 85.2 Å². The summed E-state index contributed by atoms with van der Waals surface area (Å²) in [6.45, 7) is 0.387. The minimum atomic E-state index is -4.55. The molecule has 8 heteroatoms. The first-order valence-electron chi connectivity index (χ1n) is 12.7. The first kappa shape index (κ1) is 24.6. The Morgan fingerprint density at radius 2 is 1.89 bits per heavy atom. The standard InChI is InChI=1S/C30H26F4N2O2/c1-37-25-16-18(13-20-3-2-11-35-26(20)25)15-24(30(32,33)34)28-23(14-17-4-5-17)22-10-12-38-29(22)27(36-28)19-6-8-21(31)9-7-19/h2-3,6-9,11,13,16-17,24H,4-5,10,12,14-15H2,1H3. The normalized spacial score (nSPS) is 15.8. The minimum absolute atomic E-state index is 0.0400. The van der Waals surface area contributed by atoms with Gasteiger partial charge in [0.25, 0.3) is 0 Å². The molecule has 3 heterocycles. The monoisotopic (exact) mass is 522 g/mol. The van der Waals surface area contributed by atoms with E-state index in [0.29, 0.717) is 70.2 Å². The summed E-state index contributed by atoms with van der Waals surface area (Å²) in [7, 11) is 1.49. The number of rotatable bonds is 7. The molecule has 4 nitrogen and oxygen atoms in total. The van der Waals surface area contributed by atoms with Crippen molar-refractivity contribution in [3.63, 3.8) is 0 Å². The lowest BCUT2D eigenvalue weighted by Crippen LogP contribution is -2.26. The maximum atomic E-state index is 14.9. The number of benzene rings is 2. The van der Waals surface area contributed by atoms with Gasteiger partial charge in [0.1, 0.15) is 34.4 Å². The lowest BCUT2D eigenvalue weighted by atomic mass is 9.86. The highest BCUT2D eigenvalue weighted by Gasteiger charge is 2.45. The third-order valence-electron chi connectivity index (χ3n) is 7.42. The van der Waals surface area contributed by atoms with E-state index >= 15 is 0 Å². The average molecular weight is 523 g/mol. The molecule has 1 saturated carbocycles. The van der Waals surface area contributed by atoms with Crippen LogP contribution in [0.25, 0.3) is 22.2 Å². The summed E-state index contributed by atoms with van der Waals surface area (Å²) >= 11 is 0. The highest BCUT2D eigenvalue weighted by atomic mass is 19.4. The van der Waals surface area contributed by atoms with Gasteiger partial charge < -0.3 is 9.47 Å². The molecule has 0 N–H and O–H groups in total. The molecule has 0 bridgehead atoms. The number of ether oxygens (including phenoxy) is 2. The molecule has 1 unspecified atom stereocenters. The maximum Gasteiger partial charge on any atom is 0.397 e. The third kappa shape index (κ3) is 4.68. The second kappa shape index (κ2) is 9.57. The number of aromatic nitrogens is 2. The smallest absolute Gasteiger partial charge is 0.397 e. The van der Waals surface area contributed by atoms with Crippen molar-refractivity contribution in [2.45, 2.75) is 44.2 Å². The number of pyridine rings is 2. The summed E-state index contributed by atoms with van der Waals surface area (Å²) in [5.74, 6) is -0.947. The Morgan fingerprint density at radius 3 is 2.61 bits per heavy atom. The highest BCUT2D eigenvalue weighted by molar-refractivity contribution is 5.85. The minimum Gasteiger partial charge on any atom is -0.494 e. The summed E-state index contributed by atoms with van der Waals surface area (Å²) in [5.41, 5.74) is 3.45. The van der Waals surface area contributed by atoms with E-state index in [1.54, 1.807) is 24.4 Å². The van der Waals surface area contributed by atoms with Crippen molar-refractivity contribution < 1.29 is 27.0 Å². The zero-order valence-electron chi connectivity index (χ0n) is 20.8. The van der Waals surface area contributed by atoms with Crippen LogP contribution in [0.5, 0.6) is 11.5 Å². The predicted molar refractivity (Wildman–Crippen MR) is 136 cm³/mol. The molecule has 2 aromatic carbocycles. The summed E-state index contributed by atoms with van der Waals surface area (Å²) in [5, 5.41) is 0.711. The van der Waals surface area contributed by atoms with E-state index in [1.165, 1.54) is 31.4 Å². The van der Waals surface area contributed by atoms with Gasteiger partial charge in [-0.3, -0.25) is 4.98 Å². The molecule has 6 rings (SSSR count). The van der Waals surface area contributed by atoms with Gasteiger partial charge in [0.15, 0.2) is 0 Å². The summed E-state index contributed by atoms with van der Waals surface area (Å²) in [4.78, 5) is 9.01. The first-order valence-corrected chi connectivity index (χ1v) is 12.7. The zero-order valence-corrected chi connectivity index (χ0v) is 20.8. The molecule has 38 heavy (non-hydrogen) atoms. The molecule has 1 atom stereocenters. The van der Waals surface area contributed by atoms with E-state index < -0.39 is 17.9 Å². The van der Waals surface area contributed by atoms with Crippen LogP contribution in [0.2, 0.25) is 0 Å². The van der Waals surface area contributed by atoms with Crippen LogP contribution in [-0.4, -0.2) is 29.9 Å². The fraction of sp³-hybridized carbons (Fsp3) is 0.333. The van der Waals surface area contributed by atoms with Gasteiger partial charge in [0.2, 0.25) is 0 Å². The molecule has 2 aliphatic rings. The van der Waals surface area contributed by atoms with Crippen molar-refractivity contribution >= 4 is 10.9 Å².